The van der Waals surface area contributed by atoms with Gasteiger partial charge in [0.05, 0.1) is 17.9 Å². The van der Waals surface area contributed by atoms with E-state index in [1.165, 1.54) is 7.11 Å². The second kappa shape index (κ2) is 6.73. The van der Waals surface area contributed by atoms with Crippen molar-refractivity contribution in [1.82, 2.24) is 10.3 Å². The zero-order chi connectivity index (χ0) is 14.6. The van der Waals surface area contributed by atoms with Crippen molar-refractivity contribution in [1.29, 1.82) is 0 Å². The lowest BCUT2D eigenvalue weighted by Crippen LogP contribution is -2.65. The van der Waals surface area contributed by atoms with Crippen LogP contribution in [0.4, 0.5) is 4.79 Å². The van der Waals surface area contributed by atoms with Crippen LogP contribution in [0.1, 0.15) is 0 Å². The second-order valence-electron chi connectivity index (χ2n) is 4.02. The smallest absolute Gasteiger partial charge is 0.340 e. The van der Waals surface area contributed by atoms with E-state index < -0.39 is 43.3 Å². The molecule has 110 valence electrons. The number of nitroso groups, excluding NO2 is 1. The Balaban J connectivity index is 2.81. The van der Waals surface area contributed by atoms with Gasteiger partial charge in [-0.25, -0.2) is 4.79 Å². The molecule has 4 N–H and O–H groups in total. The lowest BCUT2D eigenvalue weighted by Gasteiger charge is -2.41. The Labute approximate surface area is 108 Å². The van der Waals surface area contributed by atoms with Crippen molar-refractivity contribution in [3.05, 3.63) is 4.91 Å². The molecule has 10 heteroatoms. The number of carbonyl (C=O) groups excluding carboxylic acids is 1. The Kier molecular flexibility index (Phi) is 5.57. The lowest BCUT2D eigenvalue weighted by atomic mass is 9.96. The molecule has 0 bridgehead atoms. The van der Waals surface area contributed by atoms with Crippen molar-refractivity contribution >= 4 is 6.03 Å². The molecule has 1 saturated heterocycles. The van der Waals surface area contributed by atoms with E-state index in [0.717, 1.165) is 7.05 Å². The van der Waals surface area contributed by atoms with Crippen molar-refractivity contribution < 1.29 is 29.6 Å². The zero-order valence-electron chi connectivity index (χ0n) is 10.5. The van der Waals surface area contributed by atoms with Crippen molar-refractivity contribution in [2.75, 3.05) is 20.8 Å². The van der Waals surface area contributed by atoms with Crippen molar-refractivity contribution in [2.45, 2.75) is 30.6 Å². The number of nitrogens with one attached hydrogen (secondary N) is 1. The van der Waals surface area contributed by atoms with E-state index >= 15 is 0 Å². The Morgan fingerprint density at radius 1 is 1.47 bits per heavy atom. The Morgan fingerprint density at radius 3 is 2.58 bits per heavy atom. The molecule has 0 aromatic rings. The monoisotopic (exact) mass is 279 g/mol. The highest BCUT2D eigenvalue weighted by Gasteiger charge is 2.45. The molecule has 1 heterocycles. The largest absolute Gasteiger partial charge is 0.394 e. The van der Waals surface area contributed by atoms with E-state index in [-0.39, 0.29) is 0 Å². The van der Waals surface area contributed by atoms with Crippen LogP contribution in [0.5, 0.6) is 0 Å². The van der Waals surface area contributed by atoms with Gasteiger partial charge in [0, 0.05) is 14.2 Å². The van der Waals surface area contributed by atoms with E-state index in [9.17, 15) is 19.9 Å². The number of methoxy groups -OCH3 is 1. The van der Waals surface area contributed by atoms with Crippen molar-refractivity contribution in [3.8, 4) is 0 Å². The van der Waals surface area contributed by atoms with Gasteiger partial charge in [-0.05, 0) is 0 Å². The summed E-state index contributed by atoms with van der Waals surface area (Å²) in [5.41, 5.74) is 0. The number of hydrogen-bond donors (Lipinski definition) is 4. The summed E-state index contributed by atoms with van der Waals surface area (Å²) in [7, 11) is 2.37. The van der Waals surface area contributed by atoms with Crippen molar-refractivity contribution in [3.63, 3.8) is 0 Å². The summed E-state index contributed by atoms with van der Waals surface area (Å²) in [6, 6.07) is -2.08. The van der Waals surface area contributed by atoms with E-state index in [1.54, 1.807) is 0 Å². The molecule has 0 aliphatic carbocycles. The van der Waals surface area contributed by atoms with Crippen LogP contribution in [0.15, 0.2) is 5.29 Å². The number of nitrogens with zero attached hydrogens (tertiary/aromatic N) is 2. The summed E-state index contributed by atoms with van der Waals surface area (Å²) < 4.78 is 9.92. The van der Waals surface area contributed by atoms with Crippen LogP contribution in [-0.4, -0.2) is 77.8 Å². The van der Waals surface area contributed by atoms with E-state index in [4.69, 9.17) is 14.6 Å². The molecule has 1 fully saturated rings. The number of aliphatic hydroxyl groups is 3. The van der Waals surface area contributed by atoms with Crippen LogP contribution in [-0.2, 0) is 9.47 Å². The zero-order valence-corrected chi connectivity index (χ0v) is 10.5. The van der Waals surface area contributed by atoms with Gasteiger partial charge in [-0.3, -0.25) is 0 Å². The number of urea groups is 1. The molecule has 0 spiro atoms. The second-order valence-corrected chi connectivity index (χ2v) is 4.02. The minimum absolute atomic E-state index is 0.463. The minimum Gasteiger partial charge on any atom is -0.394 e. The summed E-state index contributed by atoms with van der Waals surface area (Å²) in [6.07, 6.45) is -4.89. The van der Waals surface area contributed by atoms with Crippen molar-refractivity contribution in [2.24, 2.45) is 5.29 Å². The fourth-order valence-electron chi connectivity index (χ4n) is 1.73. The number of aliphatic hydroxyl groups excluding tert-OH is 3. The Bertz CT molecular complexity index is 313. The van der Waals surface area contributed by atoms with Crippen LogP contribution < -0.4 is 5.32 Å². The normalized spacial score (nSPS) is 34.7. The third-order valence-electron chi connectivity index (χ3n) is 2.82. The molecule has 1 aliphatic rings. The SMILES string of the molecule is CO[C@H]1O[C@H](CO)[C@@H](O)[C@@H](NC(=O)N(C)N=O)[C@@H]1O. The first-order valence-corrected chi connectivity index (χ1v) is 5.49. The van der Waals surface area contributed by atoms with Gasteiger partial charge in [-0.15, -0.1) is 4.91 Å². The van der Waals surface area contributed by atoms with Crippen LogP contribution in [0, 0.1) is 4.91 Å². The molecule has 0 radical (unpaired) electrons. The van der Waals surface area contributed by atoms with Crippen LogP contribution in [0.2, 0.25) is 0 Å². The first-order chi connectivity index (χ1) is 8.96. The molecule has 5 atom stereocenters. The fourth-order valence-corrected chi connectivity index (χ4v) is 1.73. The number of rotatable bonds is 4. The van der Waals surface area contributed by atoms with Gasteiger partial charge in [0.1, 0.15) is 18.3 Å². The molecule has 1 rings (SSSR count). The number of ether oxygens (including phenoxy) is 2. The predicted octanol–water partition coefficient (Wildman–Crippen LogP) is -2.24. The Hall–Kier alpha value is -1.33. The van der Waals surface area contributed by atoms with Gasteiger partial charge < -0.3 is 30.1 Å². The third kappa shape index (κ3) is 3.36. The van der Waals surface area contributed by atoms with Crippen LogP contribution >= 0.6 is 0 Å². The molecule has 0 saturated carbocycles. The first kappa shape index (κ1) is 15.7. The molecule has 2 amide bonds. The maximum Gasteiger partial charge on any atom is 0.340 e. The first-order valence-electron chi connectivity index (χ1n) is 5.49. The van der Waals surface area contributed by atoms with Gasteiger partial charge in [0.2, 0.25) is 0 Å². The fraction of sp³-hybridized carbons (Fsp3) is 0.889. The van der Waals surface area contributed by atoms with Crippen LogP contribution in [0.3, 0.4) is 0 Å². The van der Waals surface area contributed by atoms with E-state index in [1.807, 2.05) is 0 Å². The van der Waals surface area contributed by atoms with Gasteiger partial charge >= 0.3 is 6.03 Å². The summed E-state index contributed by atoms with van der Waals surface area (Å²) in [6.45, 7) is -0.526. The average molecular weight is 279 g/mol. The third-order valence-corrected chi connectivity index (χ3v) is 2.82. The summed E-state index contributed by atoms with van der Waals surface area (Å²) >= 11 is 0. The quantitative estimate of drug-likeness (QED) is 0.337. The maximum atomic E-state index is 11.5. The highest BCUT2D eigenvalue weighted by Crippen LogP contribution is 2.21. The van der Waals surface area contributed by atoms with Gasteiger partial charge in [-0.1, -0.05) is 0 Å². The number of carbonyl (C=O) groups is 1. The predicted molar refractivity (Wildman–Crippen MR) is 60.6 cm³/mol. The molecular formula is C9H17N3O7. The highest BCUT2D eigenvalue weighted by atomic mass is 16.7. The average Bonchev–Trinajstić information content (AvgIpc) is 2.42. The molecule has 19 heavy (non-hydrogen) atoms. The Morgan fingerprint density at radius 2 is 2.11 bits per heavy atom. The molecule has 10 nitrogen and oxygen atoms in total. The molecule has 0 unspecified atom stereocenters. The highest BCUT2D eigenvalue weighted by molar-refractivity contribution is 5.73. The van der Waals surface area contributed by atoms with Gasteiger partial charge in [0.25, 0.3) is 0 Å². The molecule has 1 aliphatic heterocycles. The number of hydrogen-bond acceptors (Lipinski definition) is 8. The van der Waals surface area contributed by atoms with Crippen LogP contribution in [0.25, 0.3) is 0 Å². The summed E-state index contributed by atoms with van der Waals surface area (Å²) in [4.78, 5) is 21.7. The standard InChI is InChI=1S/C9H17N3O7/c1-12(11-17)9(16)10-5-6(14)4(3-13)19-8(18-2)7(5)15/h4-8,13-15H,3H2,1-2H3,(H,10,16)/t4-,5-,6-,7+,8+/m1/s1. The van der Waals surface area contributed by atoms with Gasteiger partial charge in [-0.2, -0.15) is 5.01 Å². The summed E-state index contributed by atoms with van der Waals surface area (Å²) in [5, 5.41) is 33.9. The number of amides is 2. The minimum atomic E-state index is -1.37. The van der Waals surface area contributed by atoms with Gasteiger partial charge in [0.15, 0.2) is 6.29 Å². The topological polar surface area (TPSA) is 141 Å². The molecular weight excluding hydrogens is 262 g/mol. The summed E-state index contributed by atoms with van der Waals surface area (Å²) in [5.74, 6) is 0. The van der Waals surface area contributed by atoms with E-state index in [2.05, 4.69) is 10.6 Å². The molecule has 0 aromatic heterocycles. The lowest BCUT2D eigenvalue weighted by molar-refractivity contribution is -0.270. The maximum absolute atomic E-state index is 11.5. The molecule has 0 aromatic carbocycles. The van der Waals surface area contributed by atoms with E-state index in [0.29, 0.717) is 5.01 Å².